The lowest BCUT2D eigenvalue weighted by Gasteiger charge is -2.11. The van der Waals surface area contributed by atoms with Crippen molar-refractivity contribution in [2.24, 2.45) is 0 Å². The van der Waals surface area contributed by atoms with Crippen LogP contribution in [0, 0.1) is 6.92 Å². The summed E-state index contributed by atoms with van der Waals surface area (Å²) in [6.45, 7) is 2.05. The first kappa shape index (κ1) is 20.4. The predicted octanol–water partition coefficient (Wildman–Crippen LogP) is 4.58. The third-order valence-electron chi connectivity index (χ3n) is 5.67. The second-order valence-corrected chi connectivity index (χ2v) is 8.83. The van der Waals surface area contributed by atoms with E-state index in [4.69, 9.17) is 0 Å². The molecule has 0 atom stereocenters. The number of rotatable bonds is 5. The zero-order valence-electron chi connectivity index (χ0n) is 18.2. The molecule has 6 aromatic rings. The van der Waals surface area contributed by atoms with Crippen LogP contribution in [0.15, 0.2) is 88.9 Å². The van der Waals surface area contributed by atoms with Crippen LogP contribution in [0.1, 0.15) is 5.56 Å². The first-order valence-electron chi connectivity index (χ1n) is 10.7. The lowest BCUT2D eigenvalue weighted by atomic mass is 10.1. The van der Waals surface area contributed by atoms with Gasteiger partial charge in [0.1, 0.15) is 5.52 Å². The highest BCUT2D eigenvalue weighted by Gasteiger charge is 2.19. The SMILES string of the molecule is Cc1cccc(-n2c(SCn3nnc4ccccc4c3=O)nnc2-c2c[nH]c3ccccc23)c1. The van der Waals surface area contributed by atoms with E-state index in [-0.39, 0.29) is 11.4 Å². The van der Waals surface area contributed by atoms with E-state index in [0.717, 1.165) is 33.5 Å². The lowest BCUT2D eigenvalue weighted by molar-refractivity contribution is 0.643. The number of nitrogens with zero attached hydrogens (tertiary/aromatic N) is 6. The van der Waals surface area contributed by atoms with Crippen molar-refractivity contribution >= 4 is 33.6 Å². The van der Waals surface area contributed by atoms with Gasteiger partial charge in [-0.15, -0.1) is 15.3 Å². The van der Waals surface area contributed by atoms with Gasteiger partial charge in [-0.3, -0.25) is 9.36 Å². The zero-order valence-corrected chi connectivity index (χ0v) is 19.0. The average Bonchev–Trinajstić information content (AvgIpc) is 3.48. The molecule has 3 aromatic carbocycles. The van der Waals surface area contributed by atoms with Crippen LogP contribution in [-0.4, -0.2) is 34.7 Å². The Morgan fingerprint density at radius 1 is 0.912 bits per heavy atom. The van der Waals surface area contributed by atoms with Crippen molar-refractivity contribution in [2.75, 3.05) is 0 Å². The molecule has 0 saturated heterocycles. The largest absolute Gasteiger partial charge is 0.360 e. The Bertz CT molecular complexity index is 1720. The molecule has 166 valence electrons. The van der Waals surface area contributed by atoms with Gasteiger partial charge in [0.15, 0.2) is 11.0 Å². The Morgan fingerprint density at radius 2 is 1.74 bits per heavy atom. The predicted molar refractivity (Wildman–Crippen MR) is 133 cm³/mol. The topological polar surface area (TPSA) is 94.3 Å². The highest BCUT2D eigenvalue weighted by atomic mass is 32.2. The monoisotopic (exact) mass is 465 g/mol. The number of hydrogen-bond acceptors (Lipinski definition) is 6. The number of nitrogens with one attached hydrogen (secondary N) is 1. The Labute approximate surface area is 198 Å². The van der Waals surface area contributed by atoms with Gasteiger partial charge in [0.25, 0.3) is 5.56 Å². The van der Waals surface area contributed by atoms with Gasteiger partial charge in [-0.1, -0.05) is 59.4 Å². The van der Waals surface area contributed by atoms with Gasteiger partial charge in [0.05, 0.1) is 11.3 Å². The van der Waals surface area contributed by atoms with Gasteiger partial charge in [-0.2, -0.15) is 4.68 Å². The van der Waals surface area contributed by atoms with E-state index in [1.54, 1.807) is 12.1 Å². The van der Waals surface area contributed by atoms with Crippen molar-refractivity contribution in [1.82, 2.24) is 34.7 Å². The molecular weight excluding hydrogens is 446 g/mol. The normalized spacial score (nSPS) is 11.4. The Hall–Kier alpha value is -4.24. The minimum absolute atomic E-state index is 0.184. The van der Waals surface area contributed by atoms with E-state index < -0.39 is 0 Å². The number of aromatic nitrogens is 7. The molecular formula is C25H19N7OS. The fourth-order valence-corrected chi connectivity index (χ4v) is 4.85. The second-order valence-electron chi connectivity index (χ2n) is 7.91. The maximum absolute atomic E-state index is 12.9. The van der Waals surface area contributed by atoms with Crippen LogP contribution in [0.25, 0.3) is 38.9 Å². The average molecular weight is 466 g/mol. The maximum Gasteiger partial charge on any atom is 0.278 e. The molecule has 0 fully saturated rings. The van der Waals surface area contributed by atoms with E-state index in [1.165, 1.54) is 16.4 Å². The third kappa shape index (κ3) is 3.46. The molecule has 0 unspecified atom stereocenters. The second kappa shape index (κ2) is 8.27. The van der Waals surface area contributed by atoms with Gasteiger partial charge < -0.3 is 4.98 Å². The Morgan fingerprint density at radius 3 is 2.62 bits per heavy atom. The number of hydrogen-bond donors (Lipinski definition) is 1. The quantitative estimate of drug-likeness (QED) is 0.375. The van der Waals surface area contributed by atoms with Crippen molar-refractivity contribution in [3.8, 4) is 17.1 Å². The number of benzene rings is 3. The van der Waals surface area contributed by atoms with E-state index in [0.29, 0.717) is 16.1 Å². The standard InChI is InChI=1S/C25H19N7OS/c1-16-7-6-8-17(13-16)32-23(20-14-26-21-11-4-2-9-18(20)21)28-29-25(32)34-15-31-24(33)19-10-3-5-12-22(19)27-30-31/h2-14,26H,15H2,1H3. The molecule has 34 heavy (non-hydrogen) atoms. The van der Waals surface area contributed by atoms with Gasteiger partial charge in [0, 0.05) is 28.4 Å². The lowest BCUT2D eigenvalue weighted by Crippen LogP contribution is -2.23. The molecule has 0 radical (unpaired) electrons. The smallest absolute Gasteiger partial charge is 0.278 e. The summed E-state index contributed by atoms with van der Waals surface area (Å²) in [5.74, 6) is 0.983. The fraction of sp³-hybridized carbons (Fsp3) is 0.0800. The Balaban J connectivity index is 1.44. The molecule has 0 aliphatic heterocycles. The third-order valence-corrected chi connectivity index (χ3v) is 6.56. The Kier molecular flexibility index (Phi) is 4.96. The van der Waals surface area contributed by atoms with Gasteiger partial charge >= 0.3 is 0 Å². The summed E-state index contributed by atoms with van der Waals surface area (Å²) < 4.78 is 3.38. The van der Waals surface area contributed by atoms with E-state index in [2.05, 4.69) is 50.6 Å². The number of aryl methyl sites for hydroxylation is 1. The zero-order chi connectivity index (χ0) is 23.1. The number of para-hydroxylation sites is 1. The summed E-state index contributed by atoms with van der Waals surface area (Å²) in [7, 11) is 0. The molecule has 3 aromatic heterocycles. The van der Waals surface area contributed by atoms with Crippen LogP contribution < -0.4 is 5.56 Å². The molecule has 8 nitrogen and oxygen atoms in total. The summed E-state index contributed by atoms with van der Waals surface area (Å²) in [4.78, 5) is 16.2. The fourth-order valence-electron chi connectivity index (χ4n) is 4.02. The summed E-state index contributed by atoms with van der Waals surface area (Å²) in [6, 6.07) is 23.5. The summed E-state index contributed by atoms with van der Waals surface area (Å²) in [6.07, 6.45) is 1.95. The van der Waals surface area contributed by atoms with Crippen molar-refractivity contribution in [1.29, 1.82) is 0 Å². The highest BCUT2D eigenvalue weighted by molar-refractivity contribution is 7.98. The molecule has 0 saturated carbocycles. The summed E-state index contributed by atoms with van der Waals surface area (Å²) in [5.41, 5.74) is 4.46. The molecule has 6 rings (SSSR count). The number of thioether (sulfide) groups is 1. The van der Waals surface area contributed by atoms with Gasteiger partial charge in [-0.05, 0) is 42.8 Å². The first-order chi connectivity index (χ1) is 16.7. The van der Waals surface area contributed by atoms with E-state index >= 15 is 0 Å². The maximum atomic E-state index is 12.9. The minimum Gasteiger partial charge on any atom is -0.360 e. The van der Waals surface area contributed by atoms with Crippen LogP contribution in [0.4, 0.5) is 0 Å². The molecule has 0 bridgehead atoms. The van der Waals surface area contributed by atoms with Crippen LogP contribution in [-0.2, 0) is 5.88 Å². The van der Waals surface area contributed by atoms with Crippen LogP contribution in [0.2, 0.25) is 0 Å². The van der Waals surface area contributed by atoms with Crippen molar-refractivity contribution in [3.63, 3.8) is 0 Å². The van der Waals surface area contributed by atoms with E-state index in [9.17, 15) is 4.79 Å². The minimum atomic E-state index is -0.184. The number of aromatic amines is 1. The van der Waals surface area contributed by atoms with Crippen molar-refractivity contribution < 1.29 is 0 Å². The molecule has 1 N–H and O–H groups in total. The van der Waals surface area contributed by atoms with E-state index in [1.807, 2.05) is 53.2 Å². The summed E-state index contributed by atoms with van der Waals surface area (Å²) >= 11 is 1.39. The molecule has 0 amide bonds. The van der Waals surface area contributed by atoms with Crippen molar-refractivity contribution in [3.05, 3.63) is 94.9 Å². The van der Waals surface area contributed by atoms with Crippen molar-refractivity contribution in [2.45, 2.75) is 18.0 Å². The molecule has 9 heteroatoms. The number of H-pyrrole nitrogens is 1. The number of fused-ring (bicyclic) bond motifs is 2. The molecule has 0 spiro atoms. The van der Waals surface area contributed by atoms with Crippen LogP contribution in [0.3, 0.4) is 0 Å². The van der Waals surface area contributed by atoms with Crippen LogP contribution >= 0.6 is 11.8 Å². The molecule has 0 aliphatic rings. The summed E-state index contributed by atoms with van der Waals surface area (Å²) in [5, 5.41) is 19.6. The molecule has 3 heterocycles. The van der Waals surface area contributed by atoms with Gasteiger partial charge in [-0.25, -0.2) is 0 Å². The van der Waals surface area contributed by atoms with Gasteiger partial charge in [0.2, 0.25) is 0 Å². The highest BCUT2D eigenvalue weighted by Crippen LogP contribution is 2.32. The molecule has 0 aliphatic carbocycles. The van der Waals surface area contributed by atoms with Crippen LogP contribution in [0.5, 0.6) is 0 Å². The first-order valence-corrected chi connectivity index (χ1v) is 11.7.